The Morgan fingerprint density at radius 2 is 1.41 bits per heavy atom. The van der Waals surface area contributed by atoms with E-state index in [1.54, 1.807) is 20.2 Å². The number of aryl methyl sites for hydroxylation is 1. The number of primary amides is 1. The molecule has 0 unspecified atom stereocenters. The summed E-state index contributed by atoms with van der Waals surface area (Å²) in [5.74, 6) is -7.21. The highest BCUT2D eigenvalue weighted by molar-refractivity contribution is 6.74. The number of aromatic nitrogens is 1. The molecule has 4 saturated carbocycles. The Balaban J connectivity index is 0.000000184. The van der Waals surface area contributed by atoms with Crippen LogP contribution < -0.4 is 25.6 Å². The van der Waals surface area contributed by atoms with E-state index in [1.165, 1.54) is 11.0 Å². The number of aromatic hydroxyl groups is 1. The van der Waals surface area contributed by atoms with Gasteiger partial charge in [-0.15, -0.1) is 0 Å². The van der Waals surface area contributed by atoms with Crippen LogP contribution in [0.25, 0.3) is 5.76 Å². The number of amides is 1. The number of hydrogen-bond acceptors (Lipinski definition) is 19. The summed E-state index contributed by atoms with van der Waals surface area (Å²) in [4.78, 5) is 93.5. The number of nitrogens with one attached hydrogen (secondary N) is 1. The van der Waals surface area contributed by atoms with Crippen LogP contribution in [0.15, 0.2) is 76.0 Å². The number of hydrogen-bond donors (Lipinski definition) is 6. The monoisotopic (exact) mass is 1200 g/mol. The van der Waals surface area contributed by atoms with Gasteiger partial charge in [-0.2, -0.15) is 0 Å². The summed E-state index contributed by atoms with van der Waals surface area (Å²) in [6.07, 6.45) is 3.64. The number of rotatable bonds is 13. The Hall–Kier alpha value is -7.01. The molecule has 1 heterocycles. The Labute approximate surface area is 502 Å². The molecule has 21 heteroatoms. The molecule has 1 amide bonds. The third-order valence-corrected chi connectivity index (χ3v) is 25.3. The minimum atomic E-state index is -2.82. The SMILES string of the molecule is CN(C)c1ccc(O)c2c1C[C@@]1(CNC3CC3)C[C@H]3[C@H](N(C)C)C(=O)C(C(N)=O)=C(O)[C@@]3(O)C(=O)C1=C2O.Cc1ccc(N(C)C)c2c1C(=O)[C@@]13C[C@]1(C2)C[C@H]1[C@H](N(C)C)c2onc(OCc4ccccc4)c2C(=O)[C@@]1(O[Si](C)(C)C(C)(C)C)C3=O. The number of likely N-dealkylation sites (N-methyl/N-ethyl adjacent to an activating group) is 1. The number of carbonyl (C=O) groups excluding carboxylic acids is 6. The minimum absolute atomic E-state index is 0.0288. The van der Waals surface area contributed by atoms with Gasteiger partial charge in [-0.1, -0.05) is 57.2 Å². The molecule has 20 nitrogen and oxygen atoms in total. The molecule has 9 atom stereocenters. The highest BCUT2D eigenvalue weighted by Crippen LogP contribution is 2.79. The fourth-order valence-electron chi connectivity index (χ4n) is 15.5. The standard InChI is InChI=1S/C38H47N3O6Si.C27H34N4O7/c1-22-16-17-26(40(5)6)24-18-36-19-25-29(41(7)8)30-28(33(39-46-30)45-20-23-14-12-11-13-15-23)32(43)38(25,47-48(9,10)35(2,3)4)34(44)37(36,21-36)31(42)27(22)24;1-30(2)15-7-8-16(32)17-13(15)9-26(11-29-12-5-6-12)10-14-20(31(3)4)22(34)18(25(28)37)23(35)27(14,38)24(36)19(26)21(17)33/h11-17,25,29H,18-21H2,1-10H3;7-8,12,14,20,29,32-33,35,38H,5-6,9-11H2,1-4H3,(H2,28,37)/t25-,29-,36-,37+,38+;14-,20-,26-,27+/m00/s1. The third-order valence-electron chi connectivity index (χ3n) is 20.8. The smallest absolute Gasteiger partial charge is 0.265 e. The van der Waals surface area contributed by atoms with E-state index in [1.807, 2.05) is 100 Å². The zero-order valence-electron chi connectivity index (χ0n) is 51.7. The van der Waals surface area contributed by atoms with Crippen molar-refractivity contribution in [3.8, 4) is 11.6 Å². The normalized spacial score (nSPS) is 29.8. The number of ketones is 5. The van der Waals surface area contributed by atoms with Crippen molar-refractivity contribution in [1.82, 2.24) is 20.3 Å². The predicted octanol–water partition coefficient (Wildman–Crippen LogP) is 6.74. The number of carbonyl (C=O) groups is 6. The van der Waals surface area contributed by atoms with E-state index in [0.29, 0.717) is 36.1 Å². The molecule has 8 aliphatic rings. The first-order valence-electron chi connectivity index (χ1n) is 29.6. The average molecular weight is 1200 g/mol. The van der Waals surface area contributed by atoms with E-state index in [9.17, 15) is 39.6 Å². The number of ether oxygens (including phenoxy) is 1. The first-order valence-corrected chi connectivity index (χ1v) is 32.5. The average Bonchev–Trinajstić information content (AvgIpc) is 1.45. The number of benzene rings is 3. The van der Waals surface area contributed by atoms with E-state index < -0.39 is 100 Å². The highest BCUT2D eigenvalue weighted by Gasteiger charge is 2.87. The van der Waals surface area contributed by atoms with Crippen LogP contribution >= 0.6 is 0 Å². The lowest BCUT2D eigenvalue weighted by atomic mass is 9.51. The van der Waals surface area contributed by atoms with Crippen LogP contribution in [0.2, 0.25) is 18.1 Å². The minimum Gasteiger partial charge on any atom is -0.508 e. The zero-order chi connectivity index (χ0) is 62.7. The number of nitrogens with two attached hydrogens (primary N) is 1. The first kappa shape index (κ1) is 60.7. The van der Waals surface area contributed by atoms with Crippen molar-refractivity contribution in [3.05, 3.63) is 116 Å². The van der Waals surface area contributed by atoms with Crippen molar-refractivity contribution >= 4 is 60.3 Å². The van der Waals surface area contributed by atoms with Crippen LogP contribution in [0, 0.1) is 35.0 Å². The van der Waals surface area contributed by atoms with E-state index in [4.69, 9.17) is 19.4 Å². The number of Topliss-reactive ketones (excluding diaryl/α,β-unsaturated/α-hetero) is 5. The topological polar surface area (TPSA) is 279 Å². The summed E-state index contributed by atoms with van der Waals surface area (Å²) in [6, 6.07) is 15.4. The number of aliphatic hydroxyl groups excluding tert-OH is 2. The van der Waals surface area contributed by atoms with Crippen molar-refractivity contribution in [1.29, 1.82) is 0 Å². The van der Waals surface area contributed by atoms with Crippen molar-refractivity contribution in [2.75, 3.05) is 72.7 Å². The number of fused-ring (bicyclic) bond motifs is 6. The largest absolute Gasteiger partial charge is 0.508 e. The van der Waals surface area contributed by atoms with E-state index >= 15 is 9.59 Å². The number of nitrogens with zero attached hydrogens (tertiary/aromatic N) is 5. The molecule has 12 rings (SSSR count). The van der Waals surface area contributed by atoms with Crippen molar-refractivity contribution in [3.63, 3.8) is 0 Å². The molecule has 86 heavy (non-hydrogen) atoms. The van der Waals surface area contributed by atoms with Gasteiger partial charge in [0.2, 0.25) is 11.6 Å². The molecule has 8 aliphatic carbocycles. The predicted molar refractivity (Wildman–Crippen MR) is 324 cm³/mol. The van der Waals surface area contributed by atoms with Gasteiger partial charge in [0.15, 0.2) is 42.6 Å². The van der Waals surface area contributed by atoms with Gasteiger partial charge in [0.05, 0.1) is 17.6 Å². The van der Waals surface area contributed by atoms with Crippen molar-refractivity contribution in [2.24, 2.45) is 33.8 Å². The number of aliphatic hydroxyl groups is 3. The van der Waals surface area contributed by atoms with Gasteiger partial charge >= 0.3 is 0 Å². The van der Waals surface area contributed by atoms with Crippen molar-refractivity contribution < 1.29 is 62.9 Å². The maximum absolute atomic E-state index is 15.8. The van der Waals surface area contributed by atoms with Crippen LogP contribution in [-0.2, 0) is 43.1 Å². The Morgan fingerprint density at radius 1 is 0.791 bits per heavy atom. The molecule has 1 aromatic heterocycles. The lowest BCUT2D eigenvalue weighted by Gasteiger charge is -2.56. The second kappa shape index (κ2) is 20.3. The van der Waals surface area contributed by atoms with Crippen LogP contribution in [0.3, 0.4) is 0 Å². The molecule has 4 fully saturated rings. The zero-order valence-corrected chi connectivity index (χ0v) is 52.7. The number of phenols is 1. The lowest BCUT2D eigenvalue weighted by Crippen LogP contribution is -2.70. The quantitative estimate of drug-likeness (QED) is 0.0459. The molecule has 4 aromatic rings. The van der Waals surface area contributed by atoms with E-state index in [0.717, 1.165) is 40.9 Å². The molecular weight excluding hydrogens is 1110 g/mol. The van der Waals surface area contributed by atoms with Gasteiger partial charge in [0, 0.05) is 80.5 Å². The second-order valence-corrected chi connectivity index (χ2v) is 32.7. The first-order chi connectivity index (χ1) is 40.2. The fourth-order valence-corrected chi connectivity index (χ4v) is 17.0. The van der Waals surface area contributed by atoms with Gasteiger partial charge in [0.1, 0.15) is 40.4 Å². The molecule has 458 valence electrons. The molecule has 0 aliphatic heterocycles. The Morgan fingerprint density at radius 3 is 1.99 bits per heavy atom. The second-order valence-electron chi connectivity index (χ2n) is 27.9. The summed E-state index contributed by atoms with van der Waals surface area (Å²) in [7, 11) is 11.8. The van der Waals surface area contributed by atoms with Crippen LogP contribution in [0.5, 0.6) is 11.6 Å². The molecular formula is C65H81N7O13Si. The maximum Gasteiger partial charge on any atom is 0.265 e. The van der Waals surface area contributed by atoms with Gasteiger partial charge in [-0.25, -0.2) is 0 Å². The third kappa shape index (κ3) is 8.55. The highest BCUT2D eigenvalue weighted by atomic mass is 28.4. The molecule has 0 spiro atoms. The lowest BCUT2D eigenvalue weighted by molar-refractivity contribution is -0.157. The summed E-state index contributed by atoms with van der Waals surface area (Å²) >= 11 is 0. The molecule has 0 bridgehead atoms. The fraction of sp³-hybridized carbons (Fsp3) is 0.523. The molecule has 0 radical (unpaired) electrons. The number of anilines is 2. The summed E-state index contributed by atoms with van der Waals surface area (Å²) in [5, 5.41) is 52.8. The number of phenolic OH excluding ortho intramolecular Hbond substituents is 1. The van der Waals surface area contributed by atoms with Crippen LogP contribution in [0.4, 0.5) is 11.4 Å². The van der Waals surface area contributed by atoms with Crippen LogP contribution in [0.1, 0.15) is 113 Å². The maximum atomic E-state index is 15.8. The van der Waals surface area contributed by atoms with Gasteiger partial charge in [-0.3, -0.25) is 38.6 Å². The van der Waals surface area contributed by atoms with Crippen molar-refractivity contribution in [2.45, 2.75) is 127 Å². The van der Waals surface area contributed by atoms with Crippen LogP contribution in [-0.4, -0.2) is 165 Å². The Kier molecular flexibility index (Phi) is 14.3. The van der Waals surface area contributed by atoms with Gasteiger partial charge in [0.25, 0.3) is 11.8 Å². The van der Waals surface area contributed by atoms with Gasteiger partial charge in [-0.05, 0) is 149 Å². The van der Waals surface area contributed by atoms with Gasteiger partial charge < -0.3 is 55.0 Å². The summed E-state index contributed by atoms with van der Waals surface area (Å²) < 4.78 is 19.5. The molecule has 0 saturated heterocycles. The van der Waals surface area contributed by atoms with E-state index in [2.05, 4.69) is 50.4 Å². The summed E-state index contributed by atoms with van der Waals surface area (Å²) in [6.45, 7) is 12.8. The Bertz CT molecular complexity index is 3650. The molecule has 7 N–H and O–H groups in total. The van der Waals surface area contributed by atoms with E-state index in [-0.39, 0.29) is 77.0 Å². The molecule has 3 aromatic carbocycles. The summed E-state index contributed by atoms with van der Waals surface area (Å²) in [5.41, 5.74) is 2.79.